The predicted molar refractivity (Wildman–Crippen MR) is 125 cm³/mol. The smallest absolute Gasteiger partial charge is 0.264 e. The van der Waals surface area contributed by atoms with Crippen LogP contribution in [0.4, 0.5) is 5.69 Å². The Morgan fingerprint density at radius 3 is 2.56 bits per heavy atom. The molecule has 1 spiro atoms. The highest BCUT2D eigenvalue weighted by atomic mass is 32.2. The third kappa shape index (κ3) is 3.96. The number of nitrogens with zero attached hydrogens (tertiary/aromatic N) is 2. The summed E-state index contributed by atoms with van der Waals surface area (Å²) in [6.07, 6.45) is 3.30. The summed E-state index contributed by atoms with van der Waals surface area (Å²) in [7, 11) is 1.76. The van der Waals surface area contributed by atoms with Gasteiger partial charge in [-0.25, -0.2) is 0 Å². The Labute approximate surface area is 192 Å². The van der Waals surface area contributed by atoms with Gasteiger partial charge < -0.3 is 19.3 Å². The molecule has 2 aromatic carbocycles. The third-order valence-electron chi connectivity index (χ3n) is 6.27. The second-order valence-corrected chi connectivity index (χ2v) is 9.56. The molecule has 0 atom stereocenters. The number of aryl methyl sites for hydroxylation is 1. The molecule has 166 valence electrons. The summed E-state index contributed by atoms with van der Waals surface area (Å²) >= 11 is 1.45. The van der Waals surface area contributed by atoms with E-state index in [9.17, 15) is 9.59 Å². The van der Waals surface area contributed by atoms with Crippen molar-refractivity contribution in [1.29, 1.82) is 0 Å². The first-order valence-electron chi connectivity index (χ1n) is 10.9. The number of benzene rings is 2. The lowest BCUT2D eigenvalue weighted by Gasteiger charge is -2.37. The van der Waals surface area contributed by atoms with Crippen molar-refractivity contribution in [2.24, 2.45) is 0 Å². The summed E-state index contributed by atoms with van der Waals surface area (Å²) in [5.41, 5.74) is 3.52. The Hall–Kier alpha value is -2.61. The standard InChI is InChI=1S/C25H26N2O4S/c1-17-4-3-5-18(14-17)15-22-24(29)26(2)20-16-19(6-7-21(20)32-22)23(28)27-10-8-25(9-11-27)30-12-13-31-25/h3-7,14-16H,8-13H2,1-2H3. The van der Waals surface area contributed by atoms with Gasteiger partial charge in [-0.2, -0.15) is 0 Å². The van der Waals surface area contributed by atoms with Crippen molar-refractivity contribution >= 4 is 35.3 Å². The van der Waals surface area contributed by atoms with Gasteiger partial charge >= 0.3 is 0 Å². The molecule has 3 aliphatic rings. The summed E-state index contributed by atoms with van der Waals surface area (Å²) in [5, 5.41) is 0. The maximum absolute atomic E-state index is 13.1. The fraction of sp³-hybridized carbons (Fsp3) is 0.360. The normalized spacial score (nSPS) is 21.3. The summed E-state index contributed by atoms with van der Waals surface area (Å²) in [5.74, 6) is -0.590. The molecule has 0 aromatic heterocycles. The molecule has 0 bridgehead atoms. The van der Waals surface area contributed by atoms with Gasteiger partial charge in [-0.15, -0.1) is 0 Å². The van der Waals surface area contributed by atoms with E-state index in [4.69, 9.17) is 9.47 Å². The molecule has 2 aromatic rings. The molecule has 3 heterocycles. The highest BCUT2D eigenvalue weighted by molar-refractivity contribution is 8.04. The number of ether oxygens (including phenoxy) is 2. The average molecular weight is 451 g/mol. The van der Waals surface area contributed by atoms with Crippen LogP contribution < -0.4 is 4.90 Å². The Morgan fingerprint density at radius 2 is 1.84 bits per heavy atom. The van der Waals surface area contributed by atoms with Gasteiger partial charge in [-0.05, 0) is 36.8 Å². The Bertz CT molecular complexity index is 1100. The number of likely N-dealkylation sites (tertiary alicyclic amines) is 1. The van der Waals surface area contributed by atoms with E-state index in [0.29, 0.717) is 49.6 Å². The van der Waals surface area contributed by atoms with Crippen LogP contribution in [0.5, 0.6) is 0 Å². The van der Waals surface area contributed by atoms with Gasteiger partial charge in [0.2, 0.25) is 0 Å². The average Bonchev–Trinajstić information content (AvgIpc) is 3.25. The summed E-state index contributed by atoms with van der Waals surface area (Å²) < 4.78 is 11.5. The molecule has 5 rings (SSSR count). The first-order valence-corrected chi connectivity index (χ1v) is 11.7. The van der Waals surface area contributed by atoms with Crippen molar-refractivity contribution in [3.8, 4) is 0 Å². The van der Waals surface area contributed by atoms with Crippen LogP contribution in [0.15, 0.2) is 52.3 Å². The zero-order valence-electron chi connectivity index (χ0n) is 18.3. The first kappa shape index (κ1) is 21.2. The molecule has 2 amide bonds. The topological polar surface area (TPSA) is 59.1 Å². The molecule has 32 heavy (non-hydrogen) atoms. The second-order valence-electron chi connectivity index (χ2n) is 8.47. The van der Waals surface area contributed by atoms with Crippen LogP contribution in [0.1, 0.15) is 34.3 Å². The van der Waals surface area contributed by atoms with E-state index in [1.165, 1.54) is 11.8 Å². The Balaban J connectivity index is 1.35. The van der Waals surface area contributed by atoms with E-state index < -0.39 is 5.79 Å². The molecular weight excluding hydrogens is 424 g/mol. The SMILES string of the molecule is Cc1cccc(C=C2Sc3ccc(C(=O)N4CCC5(CC4)OCCO5)cc3N(C)C2=O)c1. The van der Waals surface area contributed by atoms with Crippen molar-refractivity contribution in [1.82, 2.24) is 4.90 Å². The molecule has 0 radical (unpaired) electrons. The maximum atomic E-state index is 13.1. The van der Waals surface area contributed by atoms with E-state index in [0.717, 1.165) is 21.7 Å². The number of piperidine rings is 1. The van der Waals surface area contributed by atoms with Crippen LogP contribution in [0.25, 0.3) is 6.08 Å². The van der Waals surface area contributed by atoms with Crippen molar-refractivity contribution in [3.05, 3.63) is 64.1 Å². The Morgan fingerprint density at radius 1 is 1.09 bits per heavy atom. The van der Waals surface area contributed by atoms with Gasteiger partial charge in [0.25, 0.3) is 11.8 Å². The van der Waals surface area contributed by atoms with Crippen LogP contribution in [-0.2, 0) is 14.3 Å². The first-order chi connectivity index (χ1) is 15.4. The van der Waals surface area contributed by atoms with Gasteiger partial charge in [0.15, 0.2) is 5.79 Å². The van der Waals surface area contributed by atoms with Crippen LogP contribution in [0.2, 0.25) is 0 Å². The number of thioether (sulfide) groups is 1. The molecule has 2 saturated heterocycles. The van der Waals surface area contributed by atoms with Crippen molar-refractivity contribution in [2.45, 2.75) is 30.4 Å². The number of fused-ring (bicyclic) bond motifs is 1. The van der Waals surface area contributed by atoms with Crippen molar-refractivity contribution < 1.29 is 19.1 Å². The number of likely N-dealkylation sites (N-methyl/N-ethyl adjacent to an activating group) is 1. The molecule has 3 aliphatic heterocycles. The van der Waals surface area contributed by atoms with Gasteiger partial charge in [0.05, 0.1) is 23.8 Å². The fourth-order valence-electron chi connectivity index (χ4n) is 4.46. The molecule has 0 aliphatic carbocycles. The fourth-order valence-corrected chi connectivity index (χ4v) is 5.55. The van der Waals surface area contributed by atoms with Gasteiger partial charge in [0, 0.05) is 43.4 Å². The molecule has 0 N–H and O–H groups in total. The minimum absolute atomic E-state index is 0.0207. The molecular formula is C25H26N2O4S. The molecule has 0 unspecified atom stereocenters. The lowest BCUT2D eigenvalue weighted by Crippen LogP contribution is -2.47. The lowest BCUT2D eigenvalue weighted by atomic mass is 10.0. The second kappa shape index (κ2) is 8.39. The van der Waals surface area contributed by atoms with E-state index in [-0.39, 0.29) is 11.8 Å². The van der Waals surface area contributed by atoms with Crippen LogP contribution in [-0.4, -0.2) is 55.9 Å². The van der Waals surface area contributed by atoms with Gasteiger partial charge in [-0.3, -0.25) is 9.59 Å². The lowest BCUT2D eigenvalue weighted by molar-refractivity contribution is -0.181. The maximum Gasteiger partial charge on any atom is 0.264 e. The van der Waals surface area contributed by atoms with Crippen LogP contribution in [0.3, 0.4) is 0 Å². The van der Waals surface area contributed by atoms with Crippen molar-refractivity contribution in [3.63, 3.8) is 0 Å². The summed E-state index contributed by atoms with van der Waals surface area (Å²) in [6, 6.07) is 13.7. The van der Waals surface area contributed by atoms with Crippen LogP contribution in [0, 0.1) is 6.92 Å². The predicted octanol–water partition coefficient (Wildman–Crippen LogP) is 4.08. The van der Waals surface area contributed by atoms with Gasteiger partial charge in [0.1, 0.15) is 0 Å². The highest BCUT2D eigenvalue weighted by Gasteiger charge is 2.41. The quantitative estimate of drug-likeness (QED) is 0.645. The number of rotatable bonds is 2. The van der Waals surface area contributed by atoms with E-state index in [2.05, 4.69) is 6.07 Å². The molecule has 6 nitrogen and oxygen atoms in total. The van der Waals surface area contributed by atoms with E-state index in [1.807, 2.05) is 54.3 Å². The number of anilines is 1. The van der Waals surface area contributed by atoms with Crippen molar-refractivity contribution in [2.75, 3.05) is 38.3 Å². The largest absolute Gasteiger partial charge is 0.347 e. The molecule has 7 heteroatoms. The highest BCUT2D eigenvalue weighted by Crippen LogP contribution is 2.42. The third-order valence-corrected chi connectivity index (χ3v) is 7.35. The van der Waals surface area contributed by atoms with Gasteiger partial charge in [-0.1, -0.05) is 41.6 Å². The zero-order valence-corrected chi connectivity index (χ0v) is 19.1. The molecule has 2 fully saturated rings. The zero-order chi connectivity index (χ0) is 22.3. The number of hydrogen-bond donors (Lipinski definition) is 0. The van der Waals surface area contributed by atoms with Crippen LogP contribution >= 0.6 is 11.8 Å². The number of carbonyl (C=O) groups is 2. The summed E-state index contributed by atoms with van der Waals surface area (Å²) in [4.78, 5) is 31.3. The minimum atomic E-state index is -0.504. The Kier molecular flexibility index (Phi) is 5.57. The monoisotopic (exact) mass is 450 g/mol. The van der Waals surface area contributed by atoms with E-state index in [1.54, 1.807) is 11.9 Å². The minimum Gasteiger partial charge on any atom is -0.347 e. The molecule has 0 saturated carbocycles. The number of hydrogen-bond acceptors (Lipinski definition) is 5. The van der Waals surface area contributed by atoms with E-state index >= 15 is 0 Å². The number of amides is 2. The summed E-state index contributed by atoms with van der Waals surface area (Å²) in [6.45, 7) is 4.48. The number of carbonyl (C=O) groups excluding carboxylic acids is 2.